The maximum absolute atomic E-state index is 12.5. The lowest BCUT2D eigenvalue weighted by Crippen LogP contribution is -2.28. The van der Waals surface area contributed by atoms with Gasteiger partial charge in [0.25, 0.3) is 0 Å². The third kappa shape index (κ3) is 4.56. The van der Waals surface area contributed by atoms with Crippen LogP contribution in [0.25, 0.3) is 16.5 Å². The van der Waals surface area contributed by atoms with Gasteiger partial charge >= 0.3 is 0 Å². The second-order valence-corrected chi connectivity index (χ2v) is 8.45. The van der Waals surface area contributed by atoms with Crippen molar-refractivity contribution in [3.63, 3.8) is 0 Å². The average molecular weight is 420 g/mol. The molecule has 1 amide bonds. The number of carbonyl (C=O) groups is 1. The first-order valence-electron chi connectivity index (χ1n) is 9.41. The summed E-state index contributed by atoms with van der Waals surface area (Å²) >= 11 is 0. The Labute approximate surface area is 174 Å². The molecule has 0 spiro atoms. The van der Waals surface area contributed by atoms with Crippen LogP contribution >= 0.6 is 0 Å². The van der Waals surface area contributed by atoms with Crippen LogP contribution in [0.5, 0.6) is 0 Å². The molecule has 0 unspecified atom stereocenters. The molecule has 0 bridgehead atoms. The molecular formula is C22H20N4O3S. The number of benzene rings is 3. The van der Waals surface area contributed by atoms with E-state index in [2.05, 4.69) is 15.1 Å². The number of hydrogen-bond acceptors (Lipinski definition) is 4. The summed E-state index contributed by atoms with van der Waals surface area (Å²) in [5.41, 5.74) is 0.876. The van der Waals surface area contributed by atoms with Crippen LogP contribution in [-0.4, -0.2) is 30.7 Å². The van der Waals surface area contributed by atoms with Crippen LogP contribution in [0.2, 0.25) is 0 Å². The van der Waals surface area contributed by atoms with Gasteiger partial charge in [-0.3, -0.25) is 4.79 Å². The molecule has 30 heavy (non-hydrogen) atoms. The molecule has 3 aromatic carbocycles. The van der Waals surface area contributed by atoms with Crippen molar-refractivity contribution >= 4 is 32.5 Å². The van der Waals surface area contributed by atoms with Crippen molar-refractivity contribution in [2.75, 3.05) is 11.9 Å². The van der Waals surface area contributed by atoms with Gasteiger partial charge in [-0.05, 0) is 35.0 Å². The zero-order chi connectivity index (χ0) is 21.0. The third-order valence-electron chi connectivity index (χ3n) is 4.55. The maximum Gasteiger partial charge on any atom is 0.240 e. The van der Waals surface area contributed by atoms with Gasteiger partial charge in [0.15, 0.2) is 5.82 Å². The highest BCUT2D eigenvalue weighted by Gasteiger charge is 2.15. The number of sulfonamides is 1. The number of fused-ring (bicyclic) bond motifs is 1. The van der Waals surface area contributed by atoms with Gasteiger partial charge in [0.05, 0.1) is 10.6 Å². The lowest BCUT2D eigenvalue weighted by molar-refractivity contribution is -0.116. The van der Waals surface area contributed by atoms with Gasteiger partial charge in [0.1, 0.15) is 0 Å². The molecule has 0 aliphatic heterocycles. The van der Waals surface area contributed by atoms with Crippen LogP contribution in [0.1, 0.15) is 6.42 Å². The van der Waals surface area contributed by atoms with Crippen LogP contribution in [0.15, 0.2) is 90.0 Å². The molecular weight excluding hydrogens is 400 g/mol. The monoisotopic (exact) mass is 420 g/mol. The molecule has 0 radical (unpaired) electrons. The second kappa shape index (κ2) is 8.48. The quantitative estimate of drug-likeness (QED) is 0.480. The zero-order valence-corrected chi connectivity index (χ0v) is 16.8. The first kappa shape index (κ1) is 19.8. The van der Waals surface area contributed by atoms with Gasteiger partial charge < -0.3 is 5.32 Å². The molecule has 0 aliphatic carbocycles. The summed E-state index contributed by atoms with van der Waals surface area (Å²) in [4.78, 5) is 12.3. The number of hydrogen-bond donors (Lipinski definition) is 2. The number of amides is 1. The Morgan fingerprint density at radius 2 is 1.63 bits per heavy atom. The molecule has 0 fully saturated rings. The summed E-state index contributed by atoms with van der Waals surface area (Å²) in [7, 11) is -3.70. The van der Waals surface area contributed by atoms with Crippen LogP contribution in [0, 0.1) is 0 Å². The minimum atomic E-state index is -3.70. The first-order valence-corrected chi connectivity index (χ1v) is 10.9. The standard InChI is InChI=1S/C22H20N4O3S/c27-22(24-21-13-15-26(25-21)19-8-2-1-3-9-19)12-14-23-30(28,29)20-11-10-17-6-4-5-7-18(17)16-20/h1-11,13,15-16,23H,12,14H2,(H,24,25,27). The normalized spacial score (nSPS) is 11.5. The van der Waals surface area contributed by atoms with Crippen molar-refractivity contribution in [1.29, 1.82) is 0 Å². The Kier molecular flexibility index (Phi) is 5.60. The summed E-state index contributed by atoms with van der Waals surface area (Å²) < 4.78 is 29.2. The van der Waals surface area contributed by atoms with E-state index >= 15 is 0 Å². The van der Waals surface area contributed by atoms with E-state index in [0.717, 1.165) is 16.5 Å². The molecule has 152 valence electrons. The molecule has 1 aromatic heterocycles. The average Bonchev–Trinajstić information content (AvgIpc) is 3.22. The molecule has 0 aliphatic rings. The van der Waals surface area contributed by atoms with Crippen LogP contribution in [0.3, 0.4) is 0 Å². The maximum atomic E-state index is 12.5. The number of nitrogens with zero attached hydrogens (tertiary/aromatic N) is 2. The van der Waals surface area contributed by atoms with E-state index in [1.54, 1.807) is 35.1 Å². The molecule has 8 heteroatoms. The summed E-state index contributed by atoms with van der Waals surface area (Å²) in [5, 5.41) is 8.78. The van der Waals surface area contributed by atoms with Crippen molar-refractivity contribution in [1.82, 2.24) is 14.5 Å². The summed E-state index contributed by atoms with van der Waals surface area (Å²) in [6.45, 7) is -0.0135. The van der Waals surface area contributed by atoms with Gasteiger partial charge in [-0.2, -0.15) is 5.10 Å². The summed E-state index contributed by atoms with van der Waals surface area (Å²) in [6, 6.07) is 23.7. The zero-order valence-electron chi connectivity index (χ0n) is 16.0. The number of aromatic nitrogens is 2. The van der Waals surface area contributed by atoms with Crippen LogP contribution in [-0.2, 0) is 14.8 Å². The Bertz CT molecular complexity index is 1280. The molecule has 0 atom stereocenters. The van der Waals surface area contributed by atoms with Crippen molar-refractivity contribution in [2.24, 2.45) is 0 Å². The Morgan fingerprint density at radius 1 is 0.900 bits per heavy atom. The number of rotatable bonds is 7. The van der Waals surface area contributed by atoms with Crippen molar-refractivity contribution < 1.29 is 13.2 Å². The van der Waals surface area contributed by atoms with Crippen molar-refractivity contribution in [3.8, 4) is 5.69 Å². The van der Waals surface area contributed by atoms with Crippen molar-refractivity contribution in [2.45, 2.75) is 11.3 Å². The fourth-order valence-electron chi connectivity index (χ4n) is 3.04. The van der Waals surface area contributed by atoms with E-state index in [4.69, 9.17) is 0 Å². The van der Waals surface area contributed by atoms with Crippen LogP contribution < -0.4 is 10.0 Å². The fraction of sp³-hybridized carbons (Fsp3) is 0.0909. The van der Waals surface area contributed by atoms with Gasteiger partial charge in [0.2, 0.25) is 15.9 Å². The predicted molar refractivity (Wildman–Crippen MR) is 116 cm³/mol. The lowest BCUT2D eigenvalue weighted by Gasteiger charge is -2.08. The number of anilines is 1. The molecule has 2 N–H and O–H groups in total. The molecule has 1 heterocycles. The lowest BCUT2D eigenvalue weighted by atomic mass is 10.1. The van der Waals surface area contributed by atoms with E-state index in [9.17, 15) is 13.2 Å². The van der Waals surface area contributed by atoms with E-state index in [1.807, 2.05) is 54.6 Å². The van der Waals surface area contributed by atoms with Crippen molar-refractivity contribution in [3.05, 3.63) is 85.1 Å². The van der Waals surface area contributed by atoms with Crippen LogP contribution in [0.4, 0.5) is 5.82 Å². The van der Waals surface area contributed by atoms with Gasteiger partial charge in [0, 0.05) is 25.2 Å². The minimum Gasteiger partial charge on any atom is -0.309 e. The highest BCUT2D eigenvalue weighted by molar-refractivity contribution is 7.89. The van der Waals surface area contributed by atoms with E-state index < -0.39 is 10.0 Å². The Morgan fingerprint density at radius 3 is 2.43 bits per heavy atom. The largest absolute Gasteiger partial charge is 0.309 e. The smallest absolute Gasteiger partial charge is 0.240 e. The second-order valence-electron chi connectivity index (χ2n) is 6.69. The summed E-state index contributed by atoms with van der Waals surface area (Å²) in [6.07, 6.45) is 1.73. The van der Waals surface area contributed by atoms with E-state index in [-0.39, 0.29) is 23.8 Å². The number of carbonyl (C=O) groups excluding carboxylic acids is 1. The highest BCUT2D eigenvalue weighted by Crippen LogP contribution is 2.18. The fourth-order valence-corrected chi connectivity index (χ4v) is 4.10. The summed E-state index contributed by atoms with van der Waals surface area (Å²) in [5.74, 6) is 0.0794. The Hall–Kier alpha value is -3.49. The van der Waals surface area contributed by atoms with Gasteiger partial charge in [-0.15, -0.1) is 0 Å². The Balaban J connectivity index is 1.33. The van der Waals surface area contributed by atoms with Gasteiger partial charge in [-0.25, -0.2) is 17.8 Å². The highest BCUT2D eigenvalue weighted by atomic mass is 32.2. The molecule has 7 nitrogen and oxygen atoms in total. The molecule has 4 rings (SSSR count). The SMILES string of the molecule is O=C(CCNS(=O)(=O)c1ccc2ccccc2c1)Nc1ccn(-c2ccccc2)n1. The van der Waals surface area contributed by atoms with E-state index in [0.29, 0.717) is 5.82 Å². The molecule has 0 saturated heterocycles. The van der Waals surface area contributed by atoms with Gasteiger partial charge in [-0.1, -0.05) is 48.5 Å². The molecule has 4 aromatic rings. The van der Waals surface area contributed by atoms with E-state index in [1.165, 1.54) is 0 Å². The topological polar surface area (TPSA) is 93.1 Å². The predicted octanol–water partition coefficient (Wildman–Crippen LogP) is 3.33. The third-order valence-corrected chi connectivity index (χ3v) is 6.01. The number of nitrogens with one attached hydrogen (secondary N) is 2. The minimum absolute atomic E-state index is 0.00892. The number of para-hydroxylation sites is 1. The first-order chi connectivity index (χ1) is 14.5. The molecule has 0 saturated carbocycles.